The topological polar surface area (TPSA) is 351 Å². The molecule has 0 bridgehead atoms. The van der Waals surface area contributed by atoms with Gasteiger partial charge in [-0.3, -0.25) is 48.6 Å². The number of nitrogens with one attached hydrogen (secondary N) is 2. The van der Waals surface area contributed by atoms with Gasteiger partial charge in [-0.1, -0.05) is 67.2 Å². The van der Waals surface area contributed by atoms with Crippen LogP contribution in [-0.2, 0) is 57.7 Å². The summed E-state index contributed by atoms with van der Waals surface area (Å²) in [6.07, 6.45) is 6.36. The minimum absolute atomic E-state index is 0.0157. The van der Waals surface area contributed by atoms with E-state index in [1.165, 1.54) is 6.92 Å². The number of amides is 7. The number of nitrogens with two attached hydrogens (primary N) is 4. The molecule has 2 heterocycles. The Morgan fingerprint density at radius 1 is 0.654 bits per heavy atom. The molecule has 3 aromatic rings. The lowest BCUT2D eigenvalue weighted by Crippen LogP contribution is -2.54. The van der Waals surface area contributed by atoms with Gasteiger partial charge < -0.3 is 53.5 Å². The molecule has 1 aliphatic heterocycles. The third-order valence-corrected chi connectivity index (χ3v) is 13.9. The van der Waals surface area contributed by atoms with Gasteiger partial charge in [-0.2, -0.15) is 0 Å². The average molecular weight is 1100 g/mol. The van der Waals surface area contributed by atoms with Gasteiger partial charge in [0.15, 0.2) is 0 Å². The summed E-state index contributed by atoms with van der Waals surface area (Å²) in [4.78, 5) is 125. The van der Waals surface area contributed by atoms with E-state index in [2.05, 4.69) is 15.6 Å². The number of primary amides is 4. The van der Waals surface area contributed by atoms with Crippen molar-refractivity contribution in [2.24, 2.45) is 22.9 Å². The second kappa shape index (κ2) is 33.3. The number of fused-ring (bicyclic) bond motifs is 1. The molecule has 3 atom stereocenters. The number of benzene rings is 2. The Morgan fingerprint density at radius 2 is 1.21 bits per heavy atom. The van der Waals surface area contributed by atoms with Crippen LogP contribution in [0.4, 0.5) is 4.79 Å². The number of carboxylic acids is 2. The van der Waals surface area contributed by atoms with E-state index in [9.17, 15) is 53.4 Å². The van der Waals surface area contributed by atoms with Crippen molar-refractivity contribution in [2.45, 2.75) is 109 Å². The van der Waals surface area contributed by atoms with E-state index in [4.69, 9.17) is 35.2 Å². The van der Waals surface area contributed by atoms with E-state index >= 15 is 0 Å². The maximum absolute atomic E-state index is 13.9. The summed E-state index contributed by atoms with van der Waals surface area (Å²) in [5, 5.41) is 25.8. The van der Waals surface area contributed by atoms with Crippen LogP contribution in [0, 0.1) is 0 Å². The number of hydrogen-bond donors (Lipinski definition) is 8. The van der Waals surface area contributed by atoms with Crippen LogP contribution in [-0.4, -0.2) is 195 Å². The van der Waals surface area contributed by atoms with Gasteiger partial charge in [0.05, 0.1) is 38.4 Å². The summed E-state index contributed by atoms with van der Waals surface area (Å²) in [5.74, 6) is -5.08. The highest BCUT2D eigenvalue weighted by Gasteiger charge is 2.28. The quantitative estimate of drug-likeness (QED) is 0.0319. The summed E-state index contributed by atoms with van der Waals surface area (Å²) in [6, 6.07) is 13.7. The van der Waals surface area contributed by atoms with Crippen LogP contribution in [0.3, 0.4) is 0 Å². The van der Waals surface area contributed by atoms with Gasteiger partial charge in [-0.05, 0) is 85.7 Å². The van der Waals surface area contributed by atoms with Gasteiger partial charge in [-0.15, -0.1) is 0 Å². The maximum atomic E-state index is 13.9. The standard InChI is InChI=1S/C54H78N12O11S/c1-37(67)14-19-45(53(75)76)61-54(77)60-44(52(73)74)12-7-8-22-66(32-46-43-11-6-5-9-40(43)20-21-59-46)51(72)13-4-2-3-10-42(78)30-39-17-15-38(16-18-39)29-41-31-64(35-49(57)70)26-25-62(33-47(55)68)23-24-63(34-48(56)69)27-28-65(41)36-50(58)71/h5-6,9,11,15-18,20-21,41,44-45H,2-4,7-8,10,12-14,19,22-36H2,1H3,(H2,55,68)(H2,56,69)(H2,57,70)(H2,58,71)(H,73,74)(H,75,76)(H2,60,61,77)/t41?,44-,45-/m1/s1. The fourth-order valence-electron chi connectivity index (χ4n) is 9.44. The number of aliphatic carboxylic acids is 2. The third kappa shape index (κ3) is 24.1. The van der Waals surface area contributed by atoms with Gasteiger partial charge in [0.2, 0.25) is 29.5 Å². The molecule has 1 fully saturated rings. The fraction of sp³-hybridized carbons (Fsp3) is 0.537. The number of rotatable bonds is 32. The Hall–Kier alpha value is -6.99. The van der Waals surface area contributed by atoms with Crippen molar-refractivity contribution in [3.63, 3.8) is 0 Å². The molecule has 426 valence electrons. The van der Waals surface area contributed by atoms with E-state index in [-0.39, 0.29) is 76.1 Å². The Morgan fingerprint density at radius 3 is 1.81 bits per heavy atom. The number of nitrogens with zero attached hydrogens (tertiary/aromatic N) is 6. The highest BCUT2D eigenvalue weighted by molar-refractivity contribution is 7.80. The summed E-state index contributed by atoms with van der Waals surface area (Å²) in [6.45, 7) is 4.31. The molecule has 1 saturated heterocycles. The molecule has 0 radical (unpaired) electrons. The molecule has 1 aliphatic rings. The van der Waals surface area contributed by atoms with Gasteiger partial charge in [0.25, 0.3) is 0 Å². The van der Waals surface area contributed by atoms with Gasteiger partial charge in [-0.25, -0.2) is 14.4 Å². The molecule has 24 heteroatoms. The SMILES string of the molecule is CC(=O)CC[C@@H](NC(=O)N[C@H](CCCCN(Cc1nccc2ccccc12)C(=O)CCCCCC(=S)Cc1ccc(CC2CN(CC(N)=O)CCN(CC(N)=O)CCN(CC(N)=O)CCN2CC(N)=O)cc1)C(=O)O)C(=O)O. The van der Waals surface area contributed by atoms with Crippen LogP contribution in [0.15, 0.2) is 60.8 Å². The Kier molecular flexibility index (Phi) is 27.2. The summed E-state index contributed by atoms with van der Waals surface area (Å²) in [7, 11) is 0. The first-order valence-electron chi connectivity index (χ1n) is 26.4. The number of thiocarbonyl (C=S) groups is 1. The molecular formula is C54H78N12O11S. The van der Waals surface area contributed by atoms with E-state index in [1.54, 1.807) is 11.1 Å². The number of carboxylic acid groups (broad SMARTS) is 2. The molecule has 78 heavy (non-hydrogen) atoms. The normalized spacial score (nSPS) is 15.9. The molecular weight excluding hydrogens is 1020 g/mol. The zero-order chi connectivity index (χ0) is 57.1. The predicted molar refractivity (Wildman–Crippen MR) is 296 cm³/mol. The fourth-order valence-corrected chi connectivity index (χ4v) is 9.75. The smallest absolute Gasteiger partial charge is 0.326 e. The van der Waals surface area contributed by atoms with Crippen molar-refractivity contribution in [2.75, 3.05) is 78.5 Å². The second-order valence-corrected chi connectivity index (χ2v) is 20.6. The minimum atomic E-state index is -1.37. The largest absolute Gasteiger partial charge is 0.480 e. The van der Waals surface area contributed by atoms with Gasteiger partial charge in [0, 0.05) is 89.2 Å². The lowest BCUT2D eigenvalue weighted by Gasteiger charge is -2.38. The molecule has 1 unspecified atom stereocenters. The number of carbonyl (C=O) groups is 9. The number of pyridine rings is 1. The molecule has 1 aromatic heterocycles. The summed E-state index contributed by atoms with van der Waals surface area (Å²) >= 11 is 5.82. The van der Waals surface area contributed by atoms with Gasteiger partial charge in [0.1, 0.15) is 17.9 Å². The number of hydrogen-bond acceptors (Lipinski definition) is 15. The molecule has 0 saturated carbocycles. The van der Waals surface area contributed by atoms with Crippen molar-refractivity contribution >= 4 is 81.1 Å². The van der Waals surface area contributed by atoms with Crippen molar-refractivity contribution in [1.82, 2.24) is 40.1 Å². The number of unbranched alkanes of at least 4 members (excludes halogenated alkanes) is 3. The van der Waals surface area contributed by atoms with Crippen molar-refractivity contribution in [3.05, 3.63) is 77.6 Å². The number of aromatic nitrogens is 1. The van der Waals surface area contributed by atoms with E-state index < -0.39 is 53.7 Å². The van der Waals surface area contributed by atoms with Crippen molar-refractivity contribution < 1.29 is 53.4 Å². The highest BCUT2D eigenvalue weighted by atomic mass is 32.1. The van der Waals surface area contributed by atoms with E-state index in [1.807, 2.05) is 74.2 Å². The summed E-state index contributed by atoms with van der Waals surface area (Å²) < 4.78 is 0. The predicted octanol–water partition coefficient (Wildman–Crippen LogP) is 0.945. The lowest BCUT2D eigenvalue weighted by atomic mass is 9.99. The number of carbonyl (C=O) groups excluding carboxylic acids is 7. The third-order valence-electron chi connectivity index (χ3n) is 13.5. The Balaban J connectivity index is 1.34. The Bertz CT molecular complexity index is 2530. The van der Waals surface area contributed by atoms with Crippen molar-refractivity contribution in [1.29, 1.82) is 0 Å². The first-order chi connectivity index (χ1) is 37.1. The Labute approximate surface area is 460 Å². The molecule has 2 aromatic carbocycles. The van der Waals surface area contributed by atoms with Gasteiger partial charge >= 0.3 is 18.0 Å². The molecule has 0 spiro atoms. The first-order valence-corrected chi connectivity index (χ1v) is 26.8. The van der Waals surface area contributed by atoms with Crippen LogP contribution in [0.5, 0.6) is 0 Å². The number of urea groups is 1. The monoisotopic (exact) mass is 1100 g/mol. The second-order valence-electron chi connectivity index (χ2n) is 20.0. The van der Waals surface area contributed by atoms with Crippen LogP contribution in [0.1, 0.15) is 88.0 Å². The zero-order valence-electron chi connectivity index (χ0n) is 44.7. The molecule has 7 amide bonds. The van der Waals surface area contributed by atoms with E-state index in [0.717, 1.165) is 45.3 Å². The van der Waals surface area contributed by atoms with Crippen LogP contribution < -0.4 is 33.6 Å². The molecule has 4 rings (SSSR count). The van der Waals surface area contributed by atoms with E-state index in [0.29, 0.717) is 90.9 Å². The zero-order valence-corrected chi connectivity index (χ0v) is 45.5. The molecule has 0 aliphatic carbocycles. The highest BCUT2D eigenvalue weighted by Crippen LogP contribution is 2.21. The lowest BCUT2D eigenvalue weighted by molar-refractivity contribution is -0.139. The number of ketones is 1. The molecule has 12 N–H and O–H groups in total. The van der Waals surface area contributed by atoms with Crippen molar-refractivity contribution in [3.8, 4) is 0 Å². The first kappa shape index (κ1) is 63.5. The summed E-state index contributed by atoms with van der Waals surface area (Å²) in [5.41, 5.74) is 25.3. The maximum Gasteiger partial charge on any atom is 0.326 e. The number of Topliss-reactive ketones (excluding diaryl/α,β-unsaturated/α-hetero) is 1. The van der Waals surface area contributed by atoms with Crippen LogP contribution in [0.25, 0.3) is 10.8 Å². The minimum Gasteiger partial charge on any atom is -0.480 e. The van der Waals surface area contributed by atoms with Crippen LogP contribution in [0.2, 0.25) is 0 Å². The average Bonchev–Trinajstić information content (AvgIpc) is 3.36. The van der Waals surface area contributed by atoms with Crippen LogP contribution >= 0.6 is 12.2 Å². The molecule has 23 nitrogen and oxygen atoms in total.